The van der Waals surface area contributed by atoms with Crippen LogP contribution in [0.15, 0.2) is 30.3 Å². The maximum atomic E-state index is 5.89. The molecular formula is C19H33ClN+. The van der Waals surface area contributed by atoms with Crippen molar-refractivity contribution in [2.75, 3.05) is 25.5 Å². The van der Waals surface area contributed by atoms with Crippen LogP contribution in [0.3, 0.4) is 0 Å². The largest absolute Gasteiger partial charge is 0.320 e. The molecule has 0 heterocycles. The lowest BCUT2D eigenvalue weighted by Gasteiger charge is -2.39. The summed E-state index contributed by atoms with van der Waals surface area (Å²) in [5.41, 5.74) is 1.48. The van der Waals surface area contributed by atoms with Crippen LogP contribution in [-0.4, -0.2) is 30.0 Å². The summed E-state index contributed by atoms with van der Waals surface area (Å²) >= 11 is 5.89. The van der Waals surface area contributed by atoms with Crippen molar-refractivity contribution in [2.45, 2.75) is 58.9 Å². The standard InChI is InChI=1S/C19H33ClN/c1-3-5-15-21(16-6-4-2,17-11-10-14-20)18-19-12-8-7-9-13-19/h7-9,12-13H,3-6,10-11,14-18H2,1-2H3/q+1. The summed E-state index contributed by atoms with van der Waals surface area (Å²) in [7, 11) is 0. The normalized spacial score (nSPS) is 11.8. The van der Waals surface area contributed by atoms with Gasteiger partial charge in [-0.15, -0.1) is 11.6 Å². The first-order chi connectivity index (χ1) is 10.3. The number of alkyl halides is 1. The Morgan fingerprint density at radius 1 is 0.810 bits per heavy atom. The van der Waals surface area contributed by atoms with E-state index >= 15 is 0 Å². The fraction of sp³-hybridized carbons (Fsp3) is 0.684. The average molecular weight is 311 g/mol. The fourth-order valence-corrected chi connectivity index (χ4v) is 3.26. The number of rotatable bonds is 12. The van der Waals surface area contributed by atoms with Gasteiger partial charge in [0.1, 0.15) is 6.54 Å². The van der Waals surface area contributed by atoms with E-state index < -0.39 is 0 Å². The summed E-state index contributed by atoms with van der Waals surface area (Å²) in [5.74, 6) is 0.799. The number of halogens is 1. The molecule has 0 aliphatic carbocycles. The quantitative estimate of drug-likeness (QED) is 0.267. The third kappa shape index (κ3) is 7.33. The maximum absolute atomic E-state index is 5.89. The molecule has 0 unspecified atom stereocenters. The highest BCUT2D eigenvalue weighted by Gasteiger charge is 2.26. The predicted octanol–water partition coefficient (Wildman–Crippen LogP) is 5.62. The van der Waals surface area contributed by atoms with Crippen LogP contribution >= 0.6 is 11.6 Å². The van der Waals surface area contributed by atoms with Gasteiger partial charge in [-0.1, -0.05) is 57.0 Å². The van der Waals surface area contributed by atoms with Gasteiger partial charge in [0.25, 0.3) is 0 Å². The first kappa shape index (κ1) is 18.5. The number of nitrogens with zero attached hydrogens (tertiary/aromatic N) is 1. The topological polar surface area (TPSA) is 0 Å². The monoisotopic (exact) mass is 310 g/mol. The van der Waals surface area contributed by atoms with Gasteiger partial charge in [0, 0.05) is 11.4 Å². The predicted molar refractivity (Wildman–Crippen MR) is 94.8 cm³/mol. The molecule has 0 saturated heterocycles. The summed E-state index contributed by atoms with van der Waals surface area (Å²) in [6.07, 6.45) is 7.64. The van der Waals surface area contributed by atoms with Crippen LogP contribution < -0.4 is 0 Å². The minimum atomic E-state index is 0.799. The van der Waals surface area contributed by atoms with Crippen molar-refractivity contribution >= 4 is 11.6 Å². The van der Waals surface area contributed by atoms with Crippen molar-refractivity contribution in [1.82, 2.24) is 0 Å². The number of unbranched alkanes of at least 4 members (excludes halogenated alkanes) is 3. The number of quaternary nitrogens is 1. The highest BCUT2D eigenvalue weighted by molar-refractivity contribution is 6.17. The SMILES string of the molecule is CCCC[N+](CCCC)(CCCCCl)Cc1ccccc1. The van der Waals surface area contributed by atoms with Crippen LogP contribution in [-0.2, 0) is 6.54 Å². The van der Waals surface area contributed by atoms with E-state index in [2.05, 4.69) is 44.2 Å². The molecule has 1 rings (SSSR count). The number of hydrogen-bond donors (Lipinski definition) is 0. The van der Waals surface area contributed by atoms with Crippen LogP contribution in [0.5, 0.6) is 0 Å². The van der Waals surface area contributed by atoms with Gasteiger partial charge in [-0.05, 0) is 25.7 Å². The van der Waals surface area contributed by atoms with Gasteiger partial charge in [0.2, 0.25) is 0 Å². The van der Waals surface area contributed by atoms with Gasteiger partial charge in [-0.25, -0.2) is 0 Å². The van der Waals surface area contributed by atoms with E-state index in [4.69, 9.17) is 11.6 Å². The molecule has 0 saturated carbocycles. The summed E-state index contributed by atoms with van der Waals surface area (Å²) < 4.78 is 1.25. The molecule has 0 bridgehead atoms. The molecular weight excluding hydrogens is 278 g/mol. The van der Waals surface area contributed by atoms with E-state index in [1.165, 1.54) is 68.3 Å². The van der Waals surface area contributed by atoms with E-state index in [0.29, 0.717) is 0 Å². The Hall–Kier alpha value is -0.530. The Bertz CT molecular complexity index is 342. The van der Waals surface area contributed by atoms with Gasteiger partial charge in [-0.2, -0.15) is 0 Å². The molecule has 0 aliphatic rings. The lowest BCUT2D eigenvalue weighted by atomic mass is 10.1. The third-order valence-corrected chi connectivity index (χ3v) is 4.62. The van der Waals surface area contributed by atoms with Gasteiger partial charge in [0.05, 0.1) is 19.6 Å². The molecule has 120 valence electrons. The molecule has 1 nitrogen and oxygen atoms in total. The number of hydrogen-bond acceptors (Lipinski definition) is 0. The molecule has 0 fully saturated rings. The highest BCUT2D eigenvalue weighted by atomic mass is 35.5. The summed E-state index contributed by atoms with van der Waals surface area (Å²) in [6, 6.07) is 11.0. The zero-order valence-electron chi connectivity index (χ0n) is 14.0. The molecule has 21 heavy (non-hydrogen) atoms. The lowest BCUT2D eigenvalue weighted by Crippen LogP contribution is -2.49. The second kappa shape index (κ2) is 11.1. The first-order valence-electron chi connectivity index (χ1n) is 8.71. The molecule has 0 atom stereocenters. The maximum Gasteiger partial charge on any atom is 0.104 e. The van der Waals surface area contributed by atoms with Crippen molar-refractivity contribution in [3.8, 4) is 0 Å². The van der Waals surface area contributed by atoms with Crippen LogP contribution in [0.1, 0.15) is 57.9 Å². The van der Waals surface area contributed by atoms with Crippen molar-refractivity contribution < 1.29 is 4.48 Å². The van der Waals surface area contributed by atoms with E-state index in [0.717, 1.165) is 12.3 Å². The highest BCUT2D eigenvalue weighted by Crippen LogP contribution is 2.20. The minimum absolute atomic E-state index is 0.799. The first-order valence-corrected chi connectivity index (χ1v) is 9.25. The molecule has 0 amide bonds. The van der Waals surface area contributed by atoms with E-state index in [9.17, 15) is 0 Å². The van der Waals surface area contributed by atoms with Crippen LogP contribution in [0, 0.1) is 0 Å². The van der Waals surface area contributed by atoms with Crippen molar-refractivity contribution in [3.63, 3.8) is 0 Å². The van der Waals surface area contributed by atoms with E-state index in [1.807, 2.05) is 0 Å². The molecule has 0 aliphatic heterocycles. The van der Waals surface area contributed by atoms with Crippen molar-refractivity contribution in [1.29, 1.82) is 0 Å². The molecule has 1 aromatic carbocycles. The van der Waals surface area contributed by atoms with Crippen LogP contribution in [0.25, 0.3) is 0 Å². The van der Waals surface area contributed by atoms with Crippen LogP contribution in [0.4, 0.5) is 0 Å². The summed E-state index contributed by atoms with van der Waals surface area (Å²) in [4.78, 5) is 0. The Morgan fingerprint density at radius 2 is 1.38 bits per heavy atom. The van der Waals surface area contributed by atoms with E-state index in [-0.39, 0.29) is 0 Å². The minimum Gasteiger partial charge on any atom is -0.320 e. The second-order valence-electron chi connectivity index (χ2n) is 6.26. The Kier molecular flexibility index (Phi) is 9.78. The fourth-order valence-electron chi connectivity index (χ4n) is 3.07. The zero-order chi connectivity index (χ0) is 15.4. The van der Waals surface area contributed by atoms with Gasteiger partial charge in [-0.3, -0.25) is 0 Å². The molecule has 0 spiro atoms. The van der Waals surface area contributed by atoms with Gasteiger partial charge < -0.3 is 4.48 Å². The second-order valence-corrected chi connectivity index (χ2v) is 6.64. The summed E-state index contributed by atoms with van der Waals surface area (Å²) in [6.45, 7) is 9.69. The molecule has 2 heteroatoms. The molecule has 0 N–H and O–H groups in total. The summed E-state index contributed by atoms with van der Waals surface area (Å²) in [5, 5.41) is 0. The Labute approximate surface area is 136 Å². The molecule has 1 aromatic rings. The van der Waals surface area contributed by atoms with Crippen molar-refractivity contribution in [2.24, 2.45) is 0 Å². The van der Waals surface area contributed by atoms with Crippen LogP contribution in [0.2, 0.25) is 0 Å². The van der Waals surface area contributed by atoms with E-state index in [1.54, 1.807) is 0 Å². The molecule has 0 radical (unpaired) electrons. The van der Waals surface area contributed by atoms with Gasteiger partial charge >= 0.3 is 0 Å². The van der Waals surface area contributed by atoms with Gasteiger partial charge in [0.15, 0.2) is 0 Å². The average Bonchev–Trinajstić information content (AvgIpc) is 2.52. The Morgan fingerprint density at radius 3 is 1.90 bits per heavy atom. The zero-order valence-corrected chi connectivity index (χ0v) is 14.7. The number of benzene rings is 1. The molecule has 0 aromatic heterocycles. The third-order valence-electron chi connectivity index (χ3n) is 4.35. The van der Waals surface area contributed by atoms with Crippen molar-refractivity contribution in [3.05, 3.63) is 35.9 Å². The lowest BCUT2D eigenvalue weighted by molar-refractivity contribution is -0.941. The smallest absolute Gasteiger partial charge is 0.104 e. The Balaban J connectivity index is 2.79.